The van der Waals surface area contributed by atoms with Crippen molar-refractivity contribution in [2.75, 3.05) is 0 Å². The van der Waals surface area contributed by atoms with E-state index in [9.17, 15) is 4.79 Å². The van der Waals surface area contributed by atoms with Gasteiger partial charge in [0.2, 0.25) is 0 Å². The molecule has 6 nitrogen and oxygen atoms in total. The Hall–Kier alpha value is -3.46. The van der Waals surface area contributed by atoms with Gasteiger partial charge in [-0.2, -0.15) is 10.2 Å². The molecule has 0 atom stereocenters. The molecule has 0 unspecified atom stereocenters. The number of nitrogens with zero attached hydrogens (tertiary/aromatic N) is 3. The average Bonchev–Trinajstić information content (AvgIpc) is 3.09. The number of hydrogen-bond donors (Lipinski definition) is 1. The number of rotatable bonds is 4. The molecule has 0 spiro atoms. The summed E-state index contributed by atoms with van der Waals surface area (Å²) in [6.45, 7) is 2.15. The van der Waals surface area contributed by atoms with Gasteiger partial charge in [-0.25, -0.2) is 0 Å². The lowest BCUT2D eigenvalue weighted by molar-refractivity contribution is 0.0949. The van der Waals surface area contributed by atoms with Crippen molar-refractivity contribution in [2.45, 2.75) is 13.5 Å². The van der Waals surface area contributed by atoms with Gasteiger partial charge in [-0.3, -0.25) is 4.79 Å². The van der Waals surface area contributed by atoms with E-state index < -0.39 is 0 Å². The molecule has 0 fully saturated rings. The van der Waals surface area contributed by atoms with Crippen LogP contribution in [0.15, 0.2) is 53.1 Å². The predicted octanol–water partition coefficient (Wildman–Crippen LogP) is 2.85. The molecule has 1 heterocycles. The summed E-state index contributed by atoms with van der Waals surface area (Å²) in [7, 11) is 0. The van der Waals surface area contributed by atoms with Crippen LogP contribution >= 0.6 is 0 Å². The zero-order valence-electron chi connectivity index (χ0n) is 13.0. The smallest absolute Gasteiger partial charge is 0.257 e. The van der Waals surface area contributed by atoms with E-state index in [1.165, 1.54) is 0 Å². The second-order valence-electron chi connectivity index (χ2n) is 5.26. The molecule has 3 rings (SSSR count). The molecule has 118 valence electrons. The lowest BCUT2D eigenvalue weighted by Gasteiger charge is -2.02. The van der Waals surface area contributed by atoms with Gasteiger partial charge in [0.25, 0.3) is 11.8 Å². The molecule has 0 aliphatic rings. The van der Waals surface area contributed by atoms with Crippen molar-refractivity contribution in [1.82, 2.24) is 15.5 Å². The third-order valence-corrected chi connectivity index (χ3v) is 3.42. The molecule has 1 amide bonds. The number of carbonyl (C=O) groups is 1. The Morgan fingerprint density at radius 1 is 1.25 bits per heavy atom. The molecule has 0 saturated heterocycles. The lowest BCUT2D eigenvalue weighted by atomic mass is 10.1. The number of aromatic nitrogens is 2. The molecule has 0 aliphatic heterocycles. The van der Waals surface area contributed by atoms with Crippen LogP contribution in [0.4, 0.5) is 0 Å². The topological polar surface area (TPSA) is 91.8 Å². The monoisotopic (exact) mass is 318 g/mol. The second-order valence-corrected chi connectivity index (χ2v) is 5.26. The zero-order valence-corrected chi connectivity index (χ0v) is 13.0. The van der Waals surface area contributed by atoms with Crippen molar-refractivity contribution in [3.63, 3.8) is 0 Å². The summed E-state index contributed by atoms with van der Waals surface area (Å²) in [6.07, 6.45) is 0. The molecule has 0 bridgehead atoms. The van der Waals surface area contributed by atoms with Crippen molar-refractivity contribution >= 4 is 5.91 Å². The predicted molar refractivity (Wildman–Crippen MR) is 86.8 cm³/mol. The van der Waals surface area contributed by atoms with Gasteiger partial charge in [0.15, 0.2) is 5.82 Å². The van der Waals surface area contributed by atoms with E-state index in [0.29, 0.717) is 22.8 Å². The van der Waals surface area contributed by atoms with E-state index in [1.807, 2.05) is 37.3 Å². The summed E-state index contributed by atoms with van der Waals surface area (Å²) >= 11 is 0. The van der Waals surface area contributed by atoms with Crippen molar-refractivity contribution < 1.29 is 9.32 Å². The minimum absolute atomic E-state index is 0.161. The SMILES string of the molecule is Cc1cccc(-c2nc(CNC(=O)c3ccc(C#N)cc3)no2)c1. The molecule has 0 saturated carbocycles. The minimum Gasteiger partial charge on any atom is -0.345 e. The highest BCUT2D eigenvalue weighted by molar-refractivity contribution is 5.94. The number of benzene rings is 2. The highest BCUT2D eigenvalue weighted by Crippen LogP contribution is 2.18. The number of amides is 1. The first-order valence-electron chi connectivity index (χ1n) is 7.34. The quantitative estimate of drug-likeness (QED) is 0.798. The Balaban J connectivity index is 1.64. The Morgan fingerprint density at radius 3 is 2.75 bits per heavy atom. The minimum atomic E-state index is -0.263. The first-order chi connectivity index (χ1) is 11.7. The van der Waals surface area contributed by atoms with Crippen LogP contribution in [0.2, 0.25) is 0 Å². The van der Waals surface area contributed by atoms with Gasteiger partial charge < -0.3 is 9.84 Å². The van der Waals surface area contributed by atoms with Crippen LogP contribution in [0.1, 0.15) is 27.3 Å². The highest BCUT2D eigenvalue weighted by Gasteiger charge is 2.11. The third kappa shape index (κ3) is 3.47. The van der Waals surface area contributed by atoms with E-state index in [0.717, 1.165) is 11.1 Å². The average molecular weight is 318 g/mol. The molecule has 24 heavy (non-hydrogen) atoms. The molecule has 1 aromatic heterocycles. The molecule has 3 aromatic rings. The first-order valence-corrected chi connectivity index (χ1v) is 7.34. The largest absolute Gasteiger partial charge is 0.345 e. The summed E-state index contributed by atoms with van der Waals surface area (Å²) < 4.78 is 5.23. The highest BCUT2D eigenvalue weighted by atomic mass is 16.5. The van der Waals surface area contributed by atoms with Crippen molar-refractivity contribution in [3.05, 3.63) is 71.0 Å². The first kappa shape index (κ1) is 15.4. The maximum absolute atomic E-state index is 12.1. The molecule has 1 N–H and O–H groups in total. The van der Waals surface area contributed by atoms with E-state index in [4.69, 9.17) is 9.78 Å². The van der Waals surface area contributed by atoms with Crippen LogP contribution in [0, 0.1) is 18.3 Å². The van der Waals surface area contributed by atoms with Gasteiger partial charge in [-0.05, 0) is 43.3 Å². The summed E-state index contributed by atoms with van der Waals surface area (Å²) in [5.41, 5.74) is 2.91. The second kappa shape index (κ2) is 6.75. The summed E-state index contributed by atoms with van der Waals surface area (Å²) in [6, 6.07) is 16.1. The van der Waals surface area contributed by atoms with E-state index >= 15 is 0 Å². The lowest BCUT2D eigenvalue weighted by Crippen LogP contribution is -2.23. The van der Waals surface area contributed by atoms with Crippen LogP contribution in [0.25, 0.3) is 11.5 Å². The van der Waals surface area contributed by atoms with Crippen LogP contribution in [0.3, 0.4) is 0 Å². The number of carbonyl (C=O) groups excluding carboxylic acids is 1. The van der Waals surface area contributed by atoms with Gasteiger partial charge >= 0.3 is 0 Å². The van der Waals surface area contributed by atoms with Crippen LogP contribution in [-0.2, 0) is 6.54 Å². The Morgan fingerprint density at radius 2 is 2.04 bits per heavy atom. The fourth-order valence-corrected chi connectivity index (χ4v) is 2.18. The van der Waals surface area contributed by atoms with Crippen molar-refractivity contribution in [2.24, 2.45) is 0 Å². The van der Waals surface area contributed by atoms with Gasteiger partial charge in [0.05, 0.1) is 18.2 Å². The standard InChI is InChI=1S/C18H14N4O2/c1-12-3-2-4-15(9-12)18-21-16(22-24-18)11-20-17(23)14-7-5-13(10-19)6-8-14/h2-9H,11H2,1H3,(H,20,23). The fraction of sp³-hybridized carbons (Fsp3) is 0.111. The zero-order chi connectivity index (χ0) is 16.9. The maximum atomic E-state index is 12.1. The molecule has 2 aromatic carbocycles. The number of nitrogens with one attached hydrogen (secondary N) is 1. The van der Waals surface area contributed by atoms with E-state index in [-0.39, 0.29) is 12.5 Å². The third-order valence-electron chi connectivity index (χ3n) is 3.42. The van der Waals surface area contributed by atoms with Crippen LogP contribution in [-0.4, -0.2) is 16.0 Å². The Kier molecular flexibility index (Phi) is 4.34. The normalized spacial score (nSPS) is 10.2. The summed E-state index contributed by atoms with van der Waals surface area (Å²) in [4.78, 5) is 16.3. The Labute approximate surface area is 138 Å². The number of hydrogen-bond acceptors (Lipinski definition) is 5. The van der Waals surface area contributed by atoms with Gasteiger partial charge in [-0.15, -0.1) is 0 Å². The molecule has 0 radical (unpaired) electrons. The molecular formula is C18H14N4O2. The molecule has 6 heteroatoms. The number of aryl methyl sites for hydroxylation is 1. The summed E-state index contributed by atoms with van der Waals surface area (Å²) in [5.74, 6) is 0.552. The van der Waals surface area contributed by atoms with Crippen LogP contribution < -0.4 is 5.32 Å². The van der Waals surface area contributed by atoms with Gasteiger partial charge in [-0.1, -0.05) is 22.9 Å². The maximum Gasteiger partial charge on any atom is 0.257 e. The van der Waals surface area contributed by atoms with Crippen molar-refractivity contribution in [1.29, 1.82) is 5.26 Å². The summed E-state index contributed by atoms with van der Waals surface area (Å²) in [5, 5.41) is 15.3. The van der Waals surface area contributed by atoms with Gasteiger partial charge in [0.1, 0.15) is 0 Å². The van der Waals surface area contributed by atoms with Crippen LogP contribution in [0.5, 0.6) is 0 Å². The van der Waals surface area contributed by atoms with E-state index in [2.05, 4.69) is 15.5 Å². The van der Waals surface area contributed by atoms with Gasteiger partial charge in [0, 0.05) is 11.1 Å². The number of nitriles is 1. The van der Waals surface area contributed by atoms with Crippen molar-refractivity contribution in [3.8, 4) is 17.5 Å². The van der Waals surface area contributed by atoms with E-state index in [1.54, 1.807) is 24.3 Å². The molecular weight excluding hydrogens is 304 g/mol. The Bertz CT molecular complexity index is 907. The molecule has 0 aliphatic carbocycles. The fourth-order valence-electron chi connectivity index (χ4n) is 2.18.